The Morgan fingerprint density at radius 2 is 1.90 bits per heavy atom. The molecule has 0 aromatic heterocycles. The summed E-state index contributed by atoms with van der Waals surface area (Å²) >= 11 is 0. The van der Waals surface area contributed by atoms with Crippen LogP contribution >= 0.6 is 0 Å². The van der Waals surface area contributed by atoms with E-state index < -0.39 is 6.10 Å². The van der Waals surface area contributed by atoms with Crippen LogP contribution in [0.5, 0.6) is 17.2 Å². The Labute approximate surface area is 341 Å². The number of aliphatic imine (C=N–C) groups is 1. The average Bonchev–Trinajstić information content (AvgIpc) is 3.22. The number of aliphatic hydroxyl groups is 2. The Morgan fingerprint density at radius 1 is 1.03 bits per heavy atom. The molecule has 6 N–H and O–H groups in total. The molecule has 304 valence electrons. The summed E-state index contributed by atoms with van der Waals surface area (Å²) in [4.78, 5) is 17.6. The van der Waals surface area contributed by atoms with Crippen LogP contribution in [-0.4, -0.2) is 47.3 Å². The molecule has 4 aromatic rings. The Hall–Kier alpha value is -5.92. The number of aromatic hydroxyl groups is 1. The topological polar surface area (TPSA) is 156 Å². The third kappa shape index (κ3) is 10.7. The van der Waals surface area contributed by atoms with Crippen molar-refractivity contribution in [2.24, 2.45) is 22.6 Å². The molecule has 3 atom stereocenters. The smallest absolute Gasteiger partial charge is 0.192 e. The minimum Gasteiger partial charge on any atom is -0.508 e. The normalized spacial score (nSPS) is 18.6. The van der Waals surface area contributed by atoms with E-state index in [4.69, 9.17) is 19.9 Å². The number of ether oxygens (including phenoxy) is 3. The molecular formula is C48H55N3O7. The number of phenolic OH excluding ortho intramolecular Hbond substituents is 1. The molecule has 10 nitrogen and oxygen atoms in total. The molecule has 58 heavy (non-hydrogen) atoms. The van der Waals surface area contributed by atoms with Crippen LogP contribution in [0, 0.1) is 23.9 Å². The van der Waals surface area contributed by atoms with E-state index in [1.54, 1.807) is 26.3 Å². The van der Waals surface area contributed by atoms with E-state index in [1.807, 2.05) is 55.5 Å². The number of nitrogens with one attached hydrogen (secondary N) is 1. The number of rotatable bonds is 11. The van der Waals surface area contributed by atoms with Crippen molar-refractivity contribution in [3.05, 3.63) is 118 Å². The molecule has 0 unspecified atom stereocenters. The van der Waals surface area contributed by atoms with Gasteiger partial charge in [0.15, 0.2) is 17.5 Å². The Bertz CT molecular complexity index is 2250. The number of hydrogen-bond donors (Lipinski definition) is 5. The highest BCUT2D eigenvalue weighted by molar-refractivity contribution is 5.93. The third-order valence-corrected chi connectivity index (χ3v) is 11.2. The molecule has 7 rings (SSSR count). The number of allylic oxidation sites excluding steroid dienone is 3. The van der Waals surface area contributed by atoms with E-state index >= 15 is 0 Å². The summed E-state index contributed by atoms with van der Waals surface area (Å²) in [7, 11) is 3.24. The average molecular weight is 786 g/mol. The van der Waals surface area contributed by atoms with E-state index in [0.29, 0.717) is 54.3 Å². The van der Waals surface area contributed by atoms with Crippen molar-refractivity contribution in [3.63, 3.8) is 0 Å². The van der Waals surface area contributed by atoms with Crippen LogP contribution in [0.1, 0.15) is 78.8 Å². The van der Waals surface area contributed by atoms with Gasteiger partial charge in [0.2, 0.25) is 0 Å². The van der Waals surface area contributed by atoms with Crippen LogP contribution in [0.3, 0.4) is 0 Å². The van der Waals surface area contributed by atoms with Crippen molar-refractivity contribution in [3.8, 4) is 29.3 Å². The number of carbonyl (C=O) groups excluding carboxylic acids is 1. The van der Waals surface area contributed by atoms with Crippen molar-refractivity contribution >= 4 is 28.2 Å². The molecule has 2 aliphatic heterocycles. The predicted octanol–water partition coefficient (Wildman–Crippen LogP) is 8.39. The fraction of sp³-hybridized carbons (Fsp3) is 0.375. The summed E-state index contributed by atoms with van der Waals surface area (Å²) in [5.41, 5.74) is 12.0. The first-order valence-corrected chi connectivity index (χ1v) is 20.2. The molecule has 4 aromatic carbocycles. The van der Waals surface area contributed by atoms with Gasteiger partial charge in [-0.2, -0.15) is 0 Å². The summed E-state index contributed by atoms with van der Waals surface area (Å²) in [5, 5.41) is 37.1. The lowest BCUT2D eigenvalue weighted by molar-refractivity contribution is -0.121. The molecule has 0 saturated carbocycles. The molecular weight excluding hydrogens is 731 g/mol. The number of fused-ring (bicyclic) bond motifs is 9. The molecule has 10 heteroatoms. The lowest BCUT2D eigenvalue weighted by Gasteiger charge is -2.28. The van der Waals surface area contributed by atoms with Gasteiger partial charge in [-0.3, -0.25) is 9.79 Å². The number of aliphatic hydroxyl groups excluding tert-OH is 2. The molecule has 0 fully saturated rings. The zero-order valence-electron chi connectivity index (χ0n) is 33.7. The van der Waals surface area contributed by atoms with Gasteiger partial charge < -0.3 is 40.6 Å². The lowest BCUT2D eigenvalue weighted by atomic mass is 9.80. The molecule has 0 saturated heterocycles. The highest BCUT2D eigenvalue weighted by Crippen LogP contribution is 2.36. The summed E-state index contributed by atoms with van der Waals surface area (Å²) in [6.07, 6.45) is 14.2. The maximum absolute atomic E-state index is 13.6. The number of Topliss-reactive ketones (excluding diaryl/α,β-unsaturated/α-hetero) is 1. The molecule has 0 amide bonds. The number of anilines is 1. The number of benzene rings is 4. The number of nitrogens with two attached hydrogens (primary N) is 1. The van der Waals surface area contributed by atoms with Crippen LogP contribution in [0.25, 0.3) is 10.8 Å². The van der Waals surface area contributed by atoms with Crippen LogP contribution < -0.4 is 20.5 Å². The number of ketones is 1. The van der Waals surface area contributed by atoms with E-state index in [9.17, 15) is 20.1 Å². The van der Waals surface area contributed by atoms with Crippen LogP contribution in [0.4, 0.5) is 5.69 Å². The molecule has 3 aliphatic rings. The number of hydrogen-bond acceptors (Lipinski definition) is 8. The fourth-order valence-electron chi connectivity index (χ4n) is 7.98. The summed E-state index contributed by atoms with van der Waals surface area (Å²) in [5.74, 6) is 5.07. The second-order valence-electron chi connectivity index (χ2n) is 15.1. The second-order valence-corrected chi connectivity index (χ2v) is 15.1. The maximum atomic E-state index is 13.6. The Morgan fingerprint density at radius 3 is 2.69 bits per heavy atom. The van der Waals surface area contributed by atoms with Gasteiger partial charge in [0, 0.05) is 37.6 Å². The Balaban J connectivity index is 1.23. The molecule has 0 spiro atoms. The highest BCUT2D eigenvalue weighted by Gasteiger charge is 2.27. The summed E-state index contributed by atoms with van der Waals surface area (Å²) < 4.78 is 18.2. The molecule has 6 bridgehead atoms. The van der Waals surface area contributed by atoms with Gasteiger partial charge in [-0.1, -0.05) is 43.5 Å². The first kappa shape index (κ1) is 41.7. The largest absolute Gasteiger partial charge is 0.508 e. The summed E-state index contributed by atoms with van der Waals surface area (Å²) in [6, 6.07) is 19.6. The lowest BCUT2D eigenvalue weighted by Crippen LogP contribution is -2.24. The van der Waals surface area contributed by atoms with Gasteiger partial charge in [-0.15, -0.1) is 0 Å². The number of aryl methyl sites for hydroxylation is 3. The number of guanidine groups is 1. The van der Waals surface area contributed by atoms with Crippen molar-refractivity contribution in [2.45, 2.75) is 90.4 Å². The molecule has 1 aliphatic carbocycles. The van der Waals surface area contributed by atoms with Crippen LogP contribution in [-0.2, 0) is 48.4 Å². The van der Waals surface area contributed by atoms with Gasteiger partial charge >= 0.3 is 0 Å². The number of phenols is 1. The van der Waals surface area contributed by atoms with E-state index in [2.05, 4.69) is 40.5 Å². The van der Waals surface area contributed by atoms with Gasteiger partial charge in [0.05, 0.1) is 13.7 Å². The minimum absolute atomic E-state index is 0.0439. The van der Waals surface area contributed by atoms with Gasteiger partial charge in [-0.05, 0) is 144 Å². The number of methoxy groups -OCH3 is 1. The van der Waals surface area contributed by atoms with E-state index in [-0.39, 0.29) is 55.2 Å². The standard InChI is InChI=1S/C48H55N3O7/c1-4-33-27-45(55)42-13-8-20-57-41(24-35-23-39(53)18-16-34(35)11-6-5-9-31-10-7-12-38(21-31)51-48(49)50-2)28-40(54)17-14-32-15-19-46(56-3)47(22-32)58-30-37-26-43(33)44(42)25-36(37)29-52/h7,10,12,15-16,18-19,21-23,25-27,34-35,41,52-53,55H,4-6,9,11,13-14,17,24,28-30H2,1-3H3,(H3,49,50,51)/t34-,35-,41-/m0/s1. The van der Waals surface area contributed by atoms with Gasteiger partial charge in [-0.25, -0.2) is 0 Å². The van der Waals surface area contributed by atoms with Gasteiger partial charge in [0.1, 0.15) is 36.1 Å². The van der Waals surface area contributed by atoms with E-state index in [1.165, 1.54) is 5.56 Å². The van der Waals surface area contributed by atoms with Gasteiger partial charge in [0.25, 0.3) is 0 Å². The number of carbonyl (C=O) groups is 1. The summed E-state index contributed by atoms with van der Waals surface area (Å²) in [6.45, 7) is 2.02. The van der Waals surface area contributed by atoms with Crippen LogP contribution in [0.2, 0.25) is 0 Å². The molecule has 2 heterocycles. The van der Waals surface area contributed by atoms with E-state index in [0.717, 1.165) is 58.8 Å². The van der Waals surface area contributed by atoms with Crippen molar-refractivity contribution < 1.29 is 34.3 Å². The zero-order chi connectivity index (χ0) is 41.0. The zero-order valence-corrected chi connectivity index (χ0v) is 33.7. The Kier molecular flexibility index (Phi) is 14.4. The SMILES string of the molecule is CCc1cc(O)c2c3cc(CO)c(cc13)COc1cc(ccc1OC)CCC(=O)C[C@H](C[C@@H]1C=C(O)C=C[C@@H]1CCCCc1cccc(NC(N)=NC)c1)OC#CC2. The minimum atomic E-state index is -0.523. The first-order valence-electron chi connectivity index (χ1n) is 20.2. The number of nitrogens with zero attached hydrogens (tertiary/aromatic N) is 1. The van der Waals surface area contributed by atoms with Crippen molar-refractivity contribution in [1.29, 1.82) is 0 Å². The fourth-order valence-corrected chi connectivity index (χ4v) is 7.98. The number of unbranched alkanes of at least 4 members (excludes halogenated alkanes) is 1. The second kappa shape index (κ2) is 20.0. The van der Waals surface area contributed by atoms with Crippen LogP contribution in [0.15, 0.2) is 89.6 Å². The maximum Gasteiger partial charge on any atom is 0.192 e. The monoisotopic (exact) mass is 785 g/mol. The van der Waals surface area contributed by atoms with Crippen molar-refractivity contribution in [2.75, 3.05) is 19.5 Å². The third-order valence-electron chi connectivity index (χ3n) is 11.2. The quantitative estimate of drug-likeness (QED) is 0.0436. The highest BCUT2D eigenvalue weighted by atomic mass is 16.5. The van der Waals surface area contributed by atoms with Crippen molar-refractivity contribution in [1.82, 2.24) is 0 Å². The first-order chi connectivity index (χ1) is 28.2. The molecule has 0 radical (unpaired) electrons. The predicted molar refractivity (Wildman–Crippen MR) is 229 cm³/mol.